The molecule has 0 radical (unpaired) electrons. The summed E-state index contributed by atoms with van der Waals surface area (Å²) >= 11 is 1.05. The van der Waals surface area contributed by atoms with E-state index >= 15 is 0 Å². The van der Waals surface area contributed by atoms with Gasteiger partial charge in [-0.3, -0.25) is 14.8 Å². The molecule has 1 N–H and O–H groups in total. The minimum absolute atomic E-state index is 0.0814. The zero-order valence-corrected chi connectivity index (χ0v) is 12.3. The number of carboxylic acid groups (broad SMARTS) is 1. The van der Waals surface area contributed by atoms with Gasteiger partial charge in [-0.05, 0) is 26.0 Å². The summed E-state index contributed by atoms with van der Waals surface area (Å²) in [5.74, 6) is -1.07. The molecule has 7 nitrogen and oxygen atoms in total. The average Bonchev–Trinajstić information content (AvgIpc) is 2.75. The largest absolute Gasteiger partial charge is 0.478 e. The highest BCUT2D eigenvalue weighted by Crippen LogP contribution is 2.38. The van der Waals surface area contributed by atoms with Gasteiger partial charge in [0.1, 0.15) is 5.69 Å². The fourth-order valence-corrected chi connectivity index (χ4v) is 3.13. The Morgan fingerprint density at radius 2 is 2.14 bits per heavy atom. The molecule has 0 amide bonds. The number of nitro groups is 1. The van der Waals surface area contributed by atoms with Crippen LogP contribution in [0, 0.1) is 17.0 Å². The Hall–Kier alpha value is -2.35. The van der Waals surface area contributed by atoms with Crippen molar-refractivity contribution in [1.29, 1.82) is 0 Å². The topological polar surface area (TPSA) is 98.3 Å². The molecule has 110 valence electrons. The average molecular weight is 307 g/mol. The first kappa shape index (κ1) is 15.0. The van der Waals surface area contributed by atoms with Gasteiger partial charge in [-0.15, -0.1) is 0 Å². The van der Waals surface area contributed by atoms with E-state index in [1.807, 2.05) is 6.92 Å². The SMILES string of the molecule is CCn1nc(C)c([N+](=O)[O-])c1Sc1ccccc1C(=O)O. The molecule has 0 aliphatic carbocycles. The predicted molar refractivity (Wildman–Crippen MR) is 76.8 cm³/mol. The molecular formula is C13H13N3O4S. The summed E-state index contributed by atoms with van der Waals surface area (Å²) in [6, 6.07) is 6.40. The molecule has 0 atom stereocenters. The van der Waals surface area contributed by atoms with Crippen LogP contribution in [-0.2, 0) is 6.54 Å². The van der Waals surface area contributed by atoms with E-state index in [9.17, 15) is 20.0 Å². The van der Waals surface area contributed by atoms with Crippen LogP contribution >= 0.6 is 11.8 Å². The Balaban J connectivity index is 2.54. The minimum Gasteiger partial charge on any atom is -0.478 e. The molecule has 0 saturated carbocycles. The fraction of sp³-hybridized carbons (Fsp3) is 0.231. The third-order valence-corrected chi connectivity index (χ3v) is 4.03. The van der Waals surface area contributed by atoms with Crippen LogP contribution in [0.3, 0.4) is 0 Å². The van der Waals surface area contributed by atoms with Gasteiger partial charge in [-0.25, -0.2) is 4.79 Å². The van der Waals surface area contributed by atoms with E-state index < -0.39 is 10.9 Å². The molecule has 0 fully saturated rings. The normalized spacial score (nSPS) is 10.6. The number of hydrogen-bond acceptors (Lipinski definition) is 5. The lowest BCUT2D eigenvalue weighted by Gasteiger charge is -2.06. The number of benzene rings is 1. The van der Waals surface area contributed by atoms with Gasteiger partial charge in [0.2, 0.25) is 0 Å². The molecule has 2 rings (SSSR count). The highest BCUT2D eigenvalue weighted by molar-refractivity contribution is 7.99. The maximum Gasteiger partial charge on any atom is 0.336 e. The molecule has 1 heterocycles. The first-order valence-corrected chi connectivity index (χ1v) is 6.99. The van der Waals surface area contributed by atoms with E-state index in [4.69, 9.17) is 0 Å². The molecule has 8 heteroatoms. The number of carboxylic acids is 1. The number of aromatic carboxylic acids is 1. The Morgan fingerprint density at radius 3 is 2.71 bits per heavy atom. The van der Waals surface area contributed by atoms with Gasteiger partial charge in [0.15, 0.2) is 5.03 Å². The van der Waals surface area contributed by atoms with Crippen LogP contribution in [-0.4, -0.2) is 25.8 Å². The van der Waals surface area contributed by atoms with E-state index in [0.717, 1.165) is 11.8 Å². The van der Waals surface area contributed by atoms with Crippen molar-refractivity contribution in [2.75, 3.05) is 0 Å². The summed E-state index contributed by atoms with van der Waals surface area (Å²) in [4.78, 5) is 22.4. The summed E-state index contributed by atoms with van der Waals surface area (Å²) in [6.45, 7) is 3.85. The molecular weight excluding hydrogens is 294 g/mol. The summed E-state index contributed by atoms with van der Waals surface area (Å²) in [5.41, 5.74) is 0.345. The van der Waals surface area contributed by atoms with Crippen LogP contribution in [0.25, 0.3) is 0 Å². The van der Waals surface area contributed by atoms with Crippen molar-refractivity contribution < 1.29 is 14.8 Å². The lowest BCUT2D eigenvalue weighted by Crippen LogP contribution is -2.02. The van der Waals surface area contributed by atoms with Gasteiger partial charge in [0.05, 0.1) is 10.5 Å². The molecule has 1 aromatic heterocycles. The van der Waals surface area contributed by atoms with E-state index in [2.05, 4.69) is 5.10 Å². The molecule has 0 saturated heterocycles. The van der Waals surface area contributed by atoms with Crippen LogP contribution in [0.2, 0.25) is 0 Å². The zero-order chi connectivity index (χ0) is 15.6. The number of aromatic nitrogens is 2. The standard InChI is InChI=1S/C13H13N3O4S/c1-3-15-12(11(16(19)20)8(2)14-15)21-10-7-5-4-6-9(10)13(17)18/h4-7H,3H2,1-2H3,(H,17,18). The summed E-state index contributed by atoms with van der Waals surface area (Å²) < 4.78 is 1.51. The van der Waals surface area contributed by atoms with Crippen molar-refractivity contribution >= 4 is 23.4 Å². The fourth-order valence-electron chi connectivity index (χ4n) is 1.91. The van der Waals surface area contributed by atoms with Gasteiger partial charge in [-0.2, -0.15) is 5.10 Å². The van der Waals surface area contributed by atoms with Gasteiger partial charge in [0.25, 0.3) is 0 Å². The first-order chi connectivity index (χ1) is 9.95. The van der Waals surface area contributed by atoms with Gasteiger partial charge in [0, 0.05) is 11.4 Å². The van der Waals surface area contributed by atoms with E-state index in [1.165, 1.54) is 10.7 Å². The third kappa shape index (κ3) is 2.89. The molecule has 0 unspecified atom stereocenters. The van der Waals surface area contributed by atoms with Crippen LogP contribution < -0.4 is 0 Å². The smallest absolute Gasteiger partial charge is 0.336 e. The van der Waals surface area contributed by atoms with Crippen LogP contribution in [0.4, 0.5) is 5.69 Å². The van der Waals surface area contributed by atoms with Crippen molar-refractivity contribution in [3.05, 3.63) is 45.6 Å². The molecule has 0 aliphatic rings. The van der Waals surface area contributed by atoms with Crippen molar-refractivity contribution in [2.24, 2.45) is 0 Å². The third-order valence-electron chi connectivity index (χ3n) is 2.86. The summed E-state index contributed by atoms with van der Waals surface area (Å²) in [7, 11) is 0. The van der Waals surface area contributed by atoms with E-state index in [1.54, 1.807) is 25.1 Å². The van der Waals surface area contributed by atoms with Gasteiger partial charge >= 0.3 is 11.7 Å². The quantitative estimate of drug-likeness (QED) is 0.673. The highest BCUT2D eigenvalue weighted by Gasteiger charge is 2.26. The second-order valence-electron chi connectivity index (χ2n) is 4.22. The number of hydrogen-bond donors (Lipinski definition) is 1. The summed E-state index contributed by atoms with van der Waals surface area (Å²) in [6.07, 6.45) is 0. The Labute approximate surface area is 124 Å². The molecule has 1 aromatic carbocycles. The van der Waals surface area contributed by atoms with Crippen LogP contribution in [0.1, 0.15) is 23.0 Å². The molecule has 0 bridgehead atoms. The van der Waals surface area contributed by atoms with Crippen LogP contribution in [0.5, 0.6) is 0 Å². The predicted octanol–water partition coefficient (Wildman–Crippen LogP) is 2.97. The highest BCUT2D eigenvalue weighted by atomic mass is 32.2. The second kappa shape index (κ2) is 5.96. The van der Waals surface area contributed by atoms with E-state index in [-0.39, 0.29) is 11.3 Å². The number of nitrogens with zero attached hydrogens (tertiary/aromatic N) is 3. The lowest BCUT2D eigenvalue weighted by molar-refractivity contribution is -0.388. The lowest BCUT2D eigenvalue weighted by atomic mass is 10.2. The van der Waals surface area contributed by atoms with Crippen molar-refractivity contribution in [2.45, 2.75) is 30.3 Å². The van der Waals surface area contributed by atoms with Gasteiger partial charge in [-0.1, -0.05) is 23.9 Å². The maximum atomic E-state index is 11.2. The van der Waals surface area contributed by atoms with Gasteiger partial charge < -0.3 is 5.11 Å². The van der Waals surface area contributed by atoms with Crippen molar-refractivity contribution in [3.63, 3.8) is 0 Å². The molecule has 0 aliphatic heterocycles. The number of aryl methyl sites for hydroxylation is 2. The number of carbonyl (C=O) groups is 1. The molecule has 2 aromatic rings. The Morgan fingerprint density at radius 1 is 1.48 bits per heavy atom. The first-order valence-electron chi connectivity index (χ1n) is 6.17. The molecule has 21 heavy (non-hydrogen) atoms. The zero-order valence-electron chi connectivity index (χ0n) is 11.4. The number of rotatable bonds is 5. The Bertz CT molecular complexity index is 711. The Kier molecular flexibility index (Phi) is 4.27. The minimum atomic E-state index is -1.07. The second-order valence-corrected chi connectivity index (χ2v) is 5.25. The van der Waals surface area contributed by atoms with Crippen molar-refractivity contribution in [3.8, 4) is 0 Å². The van der Waals surface area contributed by atoms with Crippen LogP contribution in [0.15, 0.2) is 34.2 Å². The monoisotopic (exact) mass is 307 g/mol. The maximum absolute atomic E-state index is 11.2. The molecule has 0 spiro atoms. The summed E-state index contributed by atoms with van der Waals surface area (Å²) in [5, 5.41) is 24.9. The van der Waals surface area contributed by atoms with Crippen molar-refractivity contribution in [1.82, 2.24) is 9.78 Å². The van der Waals surface area contributed by atoms with E-state index in [0.29, 0.717) is 22.2 Å².